The van der Waals surface area contributed by atoms with Crippen molar-refractivity contribution in [2.24, 2.45) is 0 Å². The van der Waals surface area contributed by atoms with Crippen molar-refractivity contribution < 1.29 is 14.6 Å². The van der Waals surface area contributed by atoms with Gasteiger partial charge in [0.2, 0.25) is 0 Å². The van der Waals surface area contributed by atoms with Gasteiger partial charge in [0.15, 0.2) is 0 Å². The lowest BCUT2D eigenvalue weighted by Gasteiger charge is -2.36. The molecule has 1 aromatic heterocycles. The number of rotatable bonds is 3. The third kappa shape index (κ3) is 2.89. The van der Waals surface area contributed by atoms with E-state index in [9.17, 15) is 9.90 Å². The molecule has 2 N–H and O–H groups in total. The van der Waals surface area contributed by atoms with Gasteiger partial charge in [0, 0.05) is 18.6 Å². The molecule has 1 aliphatic rings. The van der Waals surface area contributed by atoms with Gasteiger partial charge in [-0.25, -0.2) is 4.98 Å². The fourth-order valence-corrected chi connectivity index (χ4v) is 2.58. The van der Waals surface area contributed by atoms with Crippen LogP contribution < -0.4 is 5.32 Å². The van der Waals surface area contributed by atoms with Crippen molar-refractivity contribution in [3.63, 3.8) is 0 Å². The summed E-state index contributed by atoms with van der Waals surface area (Å²) in [5, 5.41) is 13.5. The molecule has 1 fully saturated rings. The fraction of sp³-hybridized carbons (Fsp3) is 0.375. The van der Waals surface area contributed by atoms with Crippen LogP contribution in [0.2, 0.25) is 0 Å². The number of aliphatic hydroxyl groups excluding tert-OH is 1. The Morgan fingerprint density at radius 1 is 1.24 bits per heavy atom. The number of ether oxygens (including phenoxy) is 1. The lowest BCUT2D eigenvalue weighted by molar-refractivity contribution is 0.0124. The maximum absolute atomic E-state index is 12.4. The van der Waals surface area contributed by atoms with Gasteiger partial charge in [-0.1, -0.05) is 24.3 Å². The summed E-state index contributed by atoms with van der Waals surface area (Å²) in [5.74, 6) is -0.253. The van der Waals surface area contributed by atoms with Gasteiger partial charge in [-0.2, -0.15) is 0 Å². The predicted molar refractivity (Wildman–Crippen MR) is 79.1 cm³/mol. The molecule has 0 bridgehead atoms. The molecule has 5 heteroatoms. The van der Waals surface area contributed by atoms with Gasteiger partial charge in [-0.15, -0.1) is 0 Å². The number of aromatic nitrogens is 1. The van der Waals surface area contributed by atoms with E-state index in [1.165, 1.54) is 0 Å². The van der Waals surface area contributed by atoms with Crippen molar-refractivity contribution in [1.82, 2.24) is 10.3 Å². The summed E-state index contributed by atoms with van der Waals surface area (Å²) >= 11 is 0. The quantitative estimate of drug-likeness (QED) is 0.897. The highest BCUT2D eigenvalue weighted by Gasteiger charge is 2.34. The highest BCUT2D eigenvalue weighted by atomic mass is 16.5. The molecule has 0 aliphatic carbocycles. The van der Waals surface area contributed by atoms with E-state index in [0.29, 0.717) is 31.7 Å². The molecule has 3 rings (SSSR count). The molecule has 1 aromatic carbocycles. The number of pyridine rings is 1. The summed E-state index contributed by atoms with van der Waals surface area (Å²) in [6, 6.07) is 11.3. The van der Waals surface area contributed by atoms with Crippen molar-refractivity contribution in [3.05, 3.63) is 42.1 Å². The van der Waals surface area contributed by atoms with Crippen LogP contribution >= 0.6 is 0 Å². The van der Waals surface area contributed by atoms with E-state index in [0.717, 1.165) is 10.9 Å². The average molecular weight is 286 g/mol. The molecule has 2 heterocycles. The van der Waals surface area contributed by atoms with E-state index in [-0.39, 0.29) is 12.5 Å². The predicted octanol–water partition coefficient (Wildman–Crippen LogP) is 1.51. The van der Waals surface area contributed by atoms with Crippen LogP contribution in [0.5, 0.6) is 0 Å². The number of amides is 1. The first-order valence-corrected chi connectivity index (χ1v) is 7.09. The zero-order valence-electron chi connectivity index (χ0n) is 11.7. The Hall–Kier alpha value is -1.98. The molecule has 1 amide bonds. The summed E-state index contributed by atoms with van der Waals surface area (Å²) in [4.78, 5) is 16.8. The summed E-state index contributed by atoms with van der Waals surface area (Å²) in [5.41, 5.74) is 0.561. The summed E-state index contributed by atoms with van der Waals surface area (Å²) in [6.45, 7) is 1.01. The molecule has 0 atom stereocenters. The lowest BCUT2D eigenvalue weighted by atomic mass is 9.91. The Labute approximate surface area is 123 Å². The van der Waals surface area contributed by atoms with Gasteiger partial charge in [0.25, 0.3) is 5.91 Å². The minimum atomic E-state index is -0.595. The summed E-state index contributed by atoms with van der Waals surface area (Å²) < 4.78 is 5.29. The van der Waals surface area contributed by atoms with Gasteiger partial charge in [0.05, 0.1) is 17.7 Å². The Morgan fingerprint density at radius 3 is 2.76 bits per heavy atom. The molecule has 110 valence electrons. The van der Waals surface area contributed by atoms with E-state index in [1.54, 1.807) is 6.07 Å². The first-order valence-electron chi connectivity index (χ1n) is 7.09. The second-order valence-electron chi connectivity index (χ2n) is 5.39. The van der Waals surface area contributed by atoms with Gasteiger partial charge >= 0.3 is 0 Å². The van der Waals surface area contributed by atoms with Crippen LogP contribution in [0.3, 0.4) is 0 Å². The third-order valence-electron chi connectivity index (χ3n) is 3.96. The molecule has 0 spiro atoms. The van der Waals surface area contributed by atoms with Gasteiger partial charge in [-0.3, -0.25) is 4.79 Å². The normalized spacial score (nSPS) is 17.6. The molecule has 5 nitrogen and oxygen atoms in total. The van der Waals surface area contributed by atoms with Crippen LogP contribution in [-0.2, 0) is 4.74 Å². The Bertz CT molecular complexity index is 651. The third-order valence-corrected chi connectivity index (χ3v) is 3.96. The first kappa shape index (κ1) is 14.0. The standard InChI is InChI=1S/C16H18N2O3/c19-11-16(7-9-21-10-8-16)18-15(20)14-6-5-12-3-1-2-4-13(12)17-14/h1-6,19H,7-11H2,(H,18,20). The zero-order chi connectivity index (χ0) is 14.7. The SMILES string of the molecule is O=C(NC1(CO)CCOCC1)c1ccc2ccccc2n1. The van der Waals surface area contributed by atoms with Gasteiger partial charge < -0.3 is 15.2 Å². The Balaban J connectivity index is 1.82. The molecule has 1 aliphatic heterocycles. The molecular formula is C16H18N2O3. The number of hydrogen-bond acceptors (Lipinski definition) is 4. The second kappa shape index (κ2) is 5.79. The topological polar surface area (TPSA) is 71.5 Å². The van der Waals surface area contributed by atoms with Crippen molar-refractivity contribution in [1.29, 1.82) is 0 Å². The summed E-state index contributed by atoms with van der Waals surface area (Å²) in [7, 11) is 0. The highest BCUT2D eigenvalue weighted by molar-refractivity contribution is 5.95. The molecular weight excluding hydrogens is 268 g/mol. The monoisotopic (exact) mass is 286 g/mol. The lowest BCUT2D eigenvalue weighted by Crippen LogP contribution is -2.54. The molecule has 2 aromatic rings. The highest BCUT2D eigenvalue weighted by Crippen LogP contribution is 2.21. The molecule has 1 saturated heterocycles. The maximum atomic E-state index is 12.4. The first-order chi connectivity index (χ1) is 10.2. The number of hydrogen-bond donors (Lipinski definition) is 2. The number of para-hydroxylation sites is 1. The smallest absolute Gasteiger partial charge is 0.270 e. The van der Waals surface area contributed by atoms with E-state index in [2.05, 4.69) is 10.3 Å². The van der Waals surface area contributed by atoms with Crippen LogP contribution in [0.25, 0.3) is 10.9 Å². The Kier molecular flexibility index (Phi) is 3.86. The van der Waals surface area contributed by atoms with E-state index < -0.39 is 5.54 Å². The van der Waals surface area contributed by atoms with Crippen LogP contribution in [0.4, 0.5) is 0 Å². The molecule has 0 unspecified atom stereocenters. The molecule has 0 radical (unpaired) electrons. The van der Waals surface area contributed by atoms with Crippen molar-refractivity contribution in [2.45, 2.75) is 18.4 Å². The van der Waals surface area contributed by atoms with Crippen LogP contribution in [-0.4, -0.2) is 41.4 Å². The number of carbonyl (C=O) groups excluding carboxylic acids is 1. The number of nitrogens with zero attached hydrogens (tertiary/aromatic N) is 1. The number of aliphatic hydroxyl groups is 1. The van der Waals surface area contributed by atoms with Gasteiger partial charge in [-0.05, 0) is 25.0 Å². The minimum absolute atomic E-state index is 0.0876. The minimum Gasteiger partial charge on any atom is -0.394 e. The van der Waals surface area contributed by atoms with Gasteiger partial charge in [0.1, 0.15) is 5.69 Å². The van der Waals surface area contributed by atoms with Crippen LogP contribution in [0.1, 0.15) is 23.3 Å². The zero-order valence-corrected chi connectivity index (χ0v) is 11.7. The van der Waals surface area contributed by atoms with Crippen molar-refractivity contribution >= 4 is 16.8 Å². The number of nitrogens with one attached hydrogen (secondary N) is 1. The summed E-state index contributed by atoms with van der Waals surface area (Å²) in [6.07, 6.45) is 1.23. The van der Waals surface area contributed by atoms with Crippen LogP contribution in [0, 0.1) is 0 Å². The number of fused-ring (bicyclic) bond motifs is 1. The second-order valence-corrected chi connectivity index (χ2v) is 5.39. The maximum Gasteiger partial charge on any atom is 0.270 e. The number of benzene rings is 1. The average Bonchev–Trinajstić information content (AvgIpc) is 2.55. The van der Waals surface area contributed by atoms with E-state index in [1.807, 2.05) is 30.3 Å². The van der Waals surface area contributed by atoms with E-state index in [4.69, 9.17) is 4.74 Å². The van der Waals surface area contributed by atoms with Crippen molar-refractivity contribution in [2.75, 3.05) is 19.8 Å². The van der Waals surface area contributed by atoms with Crippen molar-refractivity contribution in [3.8, 4) is 0 Å². The fourth-order valence-electron chi connectivity index (χ4n) is 2.58. The molecule has 0 saturated carbocycles. The molecule has 21 heavy (non-hydrogen) atoms. The largest absolute Gasteiger partial charge is 0.394 e. The Morgan fingerprint density at radius 2 is 2.00 bits per heavy atom. The van der Waals surface area contributed by atoms with Crippen LogP contribution in [0.15, 0.2) is 36.4 Å². The van der Waals surface area contributed by atoms with E-state index >= 15 is 0 Å². The number of carbonyl (C=O) groups is 1.